The highest BCUT2D eigenvalue weighted by Gasteiger charge is 2.42. The summed E-state index contributed by atoms with van der Waals surface area (Å²) in [6.45, 7) is 6.22. The maximum atomic E-state index is 11.0. The average Bonchev–Trinajstić information content (AvgIpc) is 2.94. The van der Waals surface area contributed by atoms with Gasteiger partial charge in [-0.05, 0) is 49.4 Å². The summed E-state index contributed by atoms with van der Waals surface area (Å²) in [5.74, 6) is -0.223. The first kappa shape index (κ1) is 26.4. The topological polar surface area (TPSA) is 87.0 Å². The normalized spacial score (nSPS) is 26.0. The van der Waals surface area contributed by atoms with E-state index in [4.69, 9.17) is 9.84 Å². The Bertz CT molecular complexity index is 451. The maximum absolute atomic E-state index is 11.0. The molecular weight excluding hydrogens is 368 g/mol. The number of aliphatic hydroxyl groups is 2. The van der Waals surface area contributed by atoms with E-state index in [0.717, 1.165) is 51.4 Å². The van der Waals surface area contributed by atoms with Gasteiger partial charge in [0.2, 0.25) is 0 Å². The predicted molar refractivity (Wildman–Crippen MR) is 117 cm³/mol. The summed E-state index contributed by atoms with van der Waals surface area (Å²) >= 11 is 0. The van der Waals surface area contributed by atoms with Gasteiger partial charge in [0.25, 0.3) is 0 Å². The minimum Gasteiger partial charge on any atom is -0.481 e. The van der Waals surface area contributed by atoms with Crippen LogP contribution in [-0.4, -0.2) is 46.7 Å². The lowest BCUT2D eigenvalue weighted by molar-refractivity contribution is -0.139. The molecule has 1 rings (SSSR count). The van der Waals surface area contributed by atoms with Crippen molar-refractivity contribution in [1.82, 2.24) is 0 Å². The molecule has 3 N–H and O–H groups in total. The van der Waals surface area contributed by atoms with E-state index >= 15 is 0 Å². The number of carboxylic acid groups (broad SMARTS) is 1. The fourth-order valence-corrected chi connectivity index (χ4v) is 5.04. The minimum atomic E-state index is -0.738. The van der Waals surface area contributed by atoms with Crippen molar-refractivity contribution in [3.05, 3.63) is 0 Å². The lowest BCUT2D eigenvalue weighted by Gasteiger charge is -2.27. The largest absolute Gasteiger partial charge is 0.481 e. The van der Waals surface area contributed by atoms with Gasteiger partial charge in [-0.2, -0.15) is 0 Å². The lowest BCUT2D eigenvalue weighted by atomic mass is 9.81. The zero-order valence-corrected chi connectivity index (χ0v) is 19.2. The second kappa shape index (κ2) is 13.6. The molecule has 0 aromatic heterocycles. The Kier molecular flexibility index (Phi) is 12.4. The molecule has 5 nitrogen and oxygen atoms in total. The summed E-state index contributed by atoms with van der Waals surface area (Å²) in [4.78, 5) is 11.0. The average molecular weight is 415 g/mol. The van der Waals surface area contributed by atoms with Gasteiger partial charge in [0.05, 0.1) is 24.7 Å². The Hall–Kier alpha value is -0.650. The van der Waals surface area contributed by atoms with Crippen molar-refractivity contribution in [1.29, 1.82) is 0 Å². The third-order valence-corrected chi connectivity index (χ3v) is 6.79. The summed E-state index contributed by atoms with van der Waals surface area (Å²) in [5.41, 5.74) is -0.184. The molecule has 5 atom stereocenters. The van der Waals surface area contributed by atoms with Crippen LogP contribution in [0.5, 0.6) is 0 Å². The van der Waals surface area contributed by atoms with Crippen molar-refractivity contribution in [3.8, 4) is 0 Å². The van der Waals surface area contributed by atoms with Crippen LogP contribution in [0.15, 0.2) is 0 Å². The molecule has 1 unspecified atom stereocenters. The maximum Gasteiger partial charge on any atom is 0.303 e. The molecule has 1 saturated carbocycles. The molecule has 0 bridgehead atoms. The smallest absolute Gasteiger partial charge is 0.303 e. The third-order valence-electron chi connectivity index (χ3n) is 6.79. The Balaban J connectivity index is 2.44. The van der Waals surface area contributed by atoms with E-state index in [0.29, 0.717) is 12.3 Å². The van der Waals surface area contributed by atoms with Gasteiger partial charge in [-0.15, -0.1) is 0 Å². The third kappa shape index (κ3) is 10.3. The van der Waals surface area contributed by atoms with Gasteiger partial charge < -0.3 is 20.1 Å². The number of ether oxygens (including phenoxy) is 1. The van der Waals surface area contributed by atoms with Gasteiger partial charge in [0, 0.05) is 13.5 Å². The Morgan fingerprint density at radius 1 is 1.07 bits per heavy atom. The van der Waals surface area contributed by atoms with Crippen LogP contribution in [-0.2, 0) is 9.53 Å². The summed E-state index contributed by atoms with van der Waals surface area (Å²) in [6, 6.07) is 0. The quantitative estimate of drug-likeness (QED) is 0.303. The number of carbonyl (C=O) groups is 1. The molecule has 0 aromatic carbocycles. The van der Waals surface area contributed by atoms with Crippen LogP contribution >= 0.6 is 0 Å². The summed E-state index contributed by atoms with van der Waals surface area (Å²) in [5, 5.41) is 29.9. The molecule has 0 aliphatic heterocycles. The lowest BCUT2D eigenvalue weighted by Crippen LogP contribution is -2.25. The van der Waals surface area contributed by atoms with Crippen LogP contribution in [0.25, 0.3) is 0 Å². The van der Waals surface area contributed by atoms with Gasteiger partial charge in [0.1, 0.15) is 0 Å². The van der Waals surface area contributed by atoms with E-state index in [1.165, 1.54) is 19.3 Å². The molecule has 172 valence electrons. The molecular formula is C24H46O5. The first-order valence-corrected chi connectivity index (χ1v) is 11.8. The fraction of sp³-hybridized carbons (Fsp3) is 0.958. The monoisotopic (exact) mass is 414 g/mol. The van der Waals surface area contributed by atoms with Crippen molar-refractivity contribution in [2.75, 3.05) is 7.11 Å². The summed E-state index contributed by atoms with van der Waals surface area (Å²) in [7, 11) is 1.72. The van der Waals surface area contributed by atoms with E-state index in [2.05, 4.69) is 6.92 Å². The summed E-state index contributed by atoms with van der Waals surface area (Å²) in [6.07, 6.45) is 11.5. The van der Waals surface area contributed by atoms with Crippen LogP contribution in [0.3, 0.4) is 0 Å². The van der Waals surface area contributed by atoms with Crippen molar-refractivity contribution >= 4 is 5.97 Å². The standard InChI is InChI=1S/C24H46O5/c1-5-6-7-8-11-18(25)13-14-20-19(21(26)16-22(20)29-4)12-9-10-15-24(2,3)17-23(27)28/h18-22,25-26H,5-17H2,1-4H3,(H,27,28)/t18?,19-,20-,21+,22-/m1/s1. The number of carboxylic acids is 1. The van der Waals surface area contributed by atoms with Crippen LogP contribution < -0.4 is 0 Å². The fourth-order valence-electron chi connectivity index (χ4n) is 5.04. The minimum absolute atomic E-state index is 0.0748. The molecule has 1 fully saturated rings. The van der Waals surface area contributed by atoms with Crippen molar-refractivity contribution in [2.45, 2.75) is 123 Å². The van der Waals surface area contributed by atoms with Crippen LogP contribution in [0.4, 0.5) is 0 Å². The van der Waals surface area contributed by atoms with Gasteiger partial charge >= 0.3 is 5.97 Å². The molecule has 29 heavy (non-hydrogen) atoms. The highest BCUT2D eigenvalue weighted by molar-refractivity contribution is 5.67. The second-order valence-corrected chi connectivity index (χ2v) is 9.97. The van der Waals surface area contributed by atoms with Gasteiger partial charge in [0.15, 0.2) is 0 Å². The van der Waals surface area contributed by atoms with Crippen LogP contribution in [0.2, 0.25) is 0 Å². The molecule has 5 heteroatoms. The molecule has 0 amide bonds. The SMILES string of the molecule is CCCCCCC(O)CC[C@@H]1[C@@H](CCCCC(C)(C)CC(=O)O)[C@@H](O)C[C@H]1OC. The number of hydrogen-bond acceptors (Lipinski definition) is 4. The molecule has 1 aliphatic rings. The zero-order valence-electron chi connectivity index (χ0n) is 19.2. The van der Waals surface area contributed by atoms with Gasteiger partial charge in [-0.3, -0.25) is 4.79 Å². The van der Waals surface area contributed by atoms with E-state index < -0.39 is 5.97 Å². The van der Waals surface area contributed by atoms with Crippen molar-refractivity contribution < 1.29 is 24.9 Å². The molecule has 0 spiro atoms. The Morgan fingerprint density at radius 2 is 1.79 bits per heavy atom. The van der Waals surface area contributed by atoms with Gasteiger partial charge in [-0.1, -0.05) is 59.3 Å². The van der Waals surface area contributed by atoms with Crippen LogP contribution in [0, 0.1) is 17.3 Å². The van der Waals surface area contributed by atoms with E-state index in [-0.39, 0.29) is 36.1 Å². The Morgan fingerprint density at radius 3 is 2.41 bits per heavy atom. The van der Waals surface area contributed by atoms with Crippen LogP contribution in [0.1, 0.15) is 104 Å². The Labute approximate surface area is 178 Å². The number of aliphatic hydroxyl groups excluding tert-OH is 2. The first-order chi connectivity index (χ1) is 13.7. The molecule has 0 aromatic rings. The molecule has 0 heterocycles. The van der Waals surface area contributed by atoms with Crippen molar-refractivity contribution in [2.24, 2.45) is 17.3 Å². The number of unbranched alkanes of at least 4 members (excludes halogenated alkanes) is 4. The van der Waals surface area contributed by atoms with E-state index in [1.807, 2.05) is 13.8 Å². The second-order valence-electron chi connectivity index (χ2n) is 9.97. The molecule has 0 saturated heterocycles. The molecule has 0 radical (unpaired) electrons. The van der Waals surface area contributed by atoms with E-state index in [9.17, 15) is 15.0 Å². The van der Waals surface area contributed by atoms with Gasteiger partial charge in [-0.25, -0.2) is 0 Å². The first-order valence-electron chi connectivity index (χ1n) is 11.8. The number of methoxy groups -OCH3 is 1. The number of hydrogen-bond donors (Lipinski definition) is 3. The highest BCUT2D eigenvalue weighted by atomic mass is 16.5. The number of rotatable bonds is 16. The summed E-state index contributed by atoms with van der Waals surface area (Å²) < 4.78 is 5.67. The zero-order chi connectivity index (χ0) is 21.9. The van der Waals surface area contributed by atoms with E-state index in [1.54, 1.807) is 7.11 Å². The predicted octanol–water partition coefficient (Wildman–Crippen LogP) is 5.17. The molecule has 1 aliphatic carbocycles. The number of aliphatic carboxylic acids is 1. The highest BCUT2D eigenvalue weighted by Crippen LogP contribution is 2.41. The van der Waals surface area contributed by atoms with Crippen molar-refractivity contribution in [3.63, 3.8) is 0 Å².